The lowest BCUT2D eigenvalue weighted by atomic mass is 9.90. The number of hydrogen-bond donors (Lipinski definition) is 3. The molecule has 2 unspecified atom stereocenters. The topological polar surface area (TPSA) is 152 Å². The molecule has 1 aliphatic heterocycles. The molecule has 0 bridgehead atoms. The number of nitrogens with two attached hydrogens (primary N) is 2. The van der Waals surface area contributed by atoms with Crippen molar-refractivity contribution in [2.45, 2.75) is 44.7 Å². The van der Waals surface area contributed by atoms with Gasteiger partial charge in [0.15, 0.2) is 5.96 Å². The lowest BCUT2D eigenvalue weighted by Gasteiger charge is -2.34. The maximum absolute atomic E-state index is 13.5. The molecule has 36 heavy (non-hydrogen) atoms. The van der Waals surface area contributed by atoms with Crippen LogP contribution >= 0.6 is 0 Å². The van der Waals surface area contributed by atoms with Crippen LogP contribution in [0.15, 0.2) is 41.7 Å². The highest BCUT2D eigenvalue weighted by molar-refractivity contribution is 5.97. The van der Waals surface area contributed by atoms with Crippen molar-refractivity contribution in [3.63, 3.8) is 0 Å². The van der Waals surface area contributed by atoms with Crippen molar-refractivity contribution in [3.8, 4) is 0 Å². The van der Waals surface area contributed by atoms with Crippen LogP contribution in [0.1, 0.15) is 41.9 Å². The first kappa shape index (κ1) is 23.7. The van der Waals surface area contributed by atoms with Crippen LogP contribution in [0, 0.1) is 6.92 Å². The Labute approximate surface area is 210 Å². The minimum atomic E-state index is -0.182. The number of carbonyl (C=O) groups excluding carboxylic acids is 1. The molecule has 11 heteroatoms. The van der Waals surface area contributed by atoms with Crippen molar-refractivity contribution in [2.24, 2.45) is 16.5 Å². The molecule has 1 saturated carbocycles. The van der Waals surface area contributed by atoms with Gasteiger partial charge in [0, 0.05) is 44.0 Å². The molecule has 5 N–H and O–H groups in total. The molecular weight excluding hydrogens is 456 g/mol. The maximum atomic E-state index is 13.5. The molecule has 0 radical (unpaired) electrons. The molecule has 1 aromatic carbocycles. The summed E-state index contributed by atoms with van der Waals surface area (Å²) in [6, 6.07) is 7.76. The molecule has 5 rings (SSSR count). The van der Waals surface area contributed by atoms with Crippen molar-refractivity contribution in [1.82, 2.24) is 24.8 Å². The summed E-state index contributed by atoms with van der Waals surface area (Å²) in [6.07, 6.45) is 7.43. The Morgan fingerprint density at radius 3 is 2.56 bits per heavy atom. The van der Waals surface area contributed by atoms with Gasteiger partial charge in [-0.1, -0.05) is 24.5 Å². The summed E-state index contributed by atoms with van der Waals surface area (Å²) < 4.78 is 0. The Kier molecular flexibility index (Phi) is 6.79. The van der Waals surface area contributed by atoms with E-state index in [4.69, 9.17) is 16.5 Å². The fraction of sp³-hybridized carbons (Fsp3) is 0.440. The van der Waals surface area contributed by atoms with Gasteiger partial charge < -0.3 is 26.6 Å². The van der Waals surface area contributed by atoms with Gasteiger partial charge in [0.1, 0.15) is 5.82 Å². The second-order valence-corrected chi connectivity index (χ2v) is 9.40. The van der Waals surface area contributed by atoms with Gasteiger partial charge in [0.05, 0.1) is 17.6 Å². The summed E-state index contributed by atoms with van der Waals surface area (Å²) in [7, 11) is 0. The normalized spacial score (nSPS) is 20.2. The van der Waals surface area contributed by atoms with E-state index in [0.29, 0.717) is 37.9 Å². The SMILES string of the molecule is Cc1ccc2nc(C(=O)N3CCN(c4ncccn4)CC3)nc(NC3CCCCC3N=C(N)N)c2c1. The van der Waals surface area contributed by atoms with E-state index in [0.717, 1.165) is 42.1 Å². The van der Waals surface area contributed by atoms with Crippen molar-refractivity contribution in [1.29, 1.82) is 0 Å². The zero-order valence-electron chi connectivity index (χ0n) is 20.5. The zero-order valence-corrected chi connectivity index (χ0v) is 20.5. The largest absolute Gasteiger partial charge is 0.370 e. The predicted molar refractivity (Wildman–Crippen MR) is 140 cm³/mol. The third kappa shape index (κ3) is 5.14. The molecule has 3 heterocycles. The average Bonchev–Trinajstić information content (AvgIpc) is 2.90. The van der Waals surface area contributed by atoms with Crippen molar-refractivity contribution >= 4 is 34.5 Å². The van der Waals surface area contributed by atoms with E-state index in [1.165, 1.54) is 0 Å². The monoisotopic (exact) mass is 488 g/mol. The average molecular weight is 489 g/mol. The maximum Gasteiger partial charge on any atom is 0.291 e. The van der Waals surface area contributed by atoms with Gasteiger partial charge in [0.25, 0.3) is 5.91 Å². The number of aryl methyl sites for hydroxylation is 1. The Hall–Kier alpha value is -4.02. The molecule has 2 aliphatic rings. The lowest BCUT2D eigenvalue weighted by molar-refractivity contribution is 0.0734. The molecular formula is C25H32N10O. The number of piperazine rings is 1. The van der Waals surface area contributed by atoms with Crippen LogP contribution in [-0.2, 0) is 0 Å². The zero-order chi connectivity index (χ0) is 25.1. The van der Waals surface area contributed by atoms with Gasteiger partial charge in [-0.3, -0.25) is 4.79 Å². The fourth-order valence-electron chi connectivity index (χ4n) is 4.95. The first-order valence-electron chi connectivity index (χ1n) is 12.4. The molecule has 2 fully saturated rings. The summed E-state index contributed by atoms with van der Waals surface area (Å²) in [6.45, 7) is 4.42. The standard InChI is InChI=1S/C25H32N10O/c1-16-7-8-18-17(15-16)21(31-19-5-2-3-6-20(19)32-24(26)27)33-22(30-18)23(36)34-11-13-35(14-12-34)25-28-9-4-10-29-25/h4,7-10,15,19-20H,2-3,5-6,11-14H2,1H3,(H4,26,27,32)(H,30,31,33). The Morgan fingerprint density at radius 2 is 1.81 bits per heavy atom. The molecule has 188 valence electrons. The first-order valence-corrected chi connectivity index (χ1v) is 12.4. The minimum Gasteiger partial charge on any atom is -0.370 e. The van der Waals surface area contributed by atoms with Crippen molar-refractivity contribution < 1.29 is 4.79 Å². The van der Waals surface area contributed by atoms with Gasteiger partial charge in [-0.15, -0.1) is 0 Å². The molecule has 2 aromatic heterocycles. The summed E-state index contributed by atoms with van der Waals surface area (Å²) >= 11 is 0. The van der Waals surface area contributed by atoms with Crippen LogP contribution in [0.5, 0.6) is 0 Å². The highest BCUT2D eigenvalue weighted by Crippen LogP contribution is 2.28. The summed E-state index contributed by atoms with van der Waals surface area (Å²) in [5, 5.41) is 4.45. The van der Waals surface area contributed by atoms with Crippen molar-refractivity contribution in [3.05, 3.63) is 48.0 Å². The third-order valence-corrected chi connectivity index (χ3v) is 6.81. The van der Waals surface area contributed by atoms with E-state index in [1.807, 2.05) is 25.1 Å². The van der Waals surface area contributed by atoms with E-state index in [9.17, 15) is 4.79 Å². The van der Waals surface area contributed by atoms with Crippen LogP contribution in [0.25, 0.3) is 10.9 Å². The van der Waals surface area contributed by atoms with E-state index in [2.05, 4.69) is 30.2 Å². The number of nitrogens with zero attached hydrogens (tertiary/aromatic N) is 7. The van der Waals surface area contributed by atoms with Crippen LogP contribution in [0.3, 0.4) is 0 Å². The van der Waals surface area contributed by atoms with Gasteiger partial charge in [-0.05, 0) is 38.0 Å². The van der Waals surface area contributed by atoms with Crippen LogP contribution in [0.4, 0.5) is 11.8 Å². The number of hydrogen-bond acceptors (Lipinski definition) is 8. The minimum absolute atomic E-state index is 0.0248. The number of guanidine groups is 1. The third-order valence-electron chi connectivity index (χ3n) is 6.81. The Morgan fingerprint density at radius 1 is 1.06 bits per heavy atom. The number of anilines is 2. The number of amides is 1. The van der Waals surface area contributed by atoms with Gasteiger partial charge in [0.2, 0.25) is 11.8 Å². The van der Waals surface area contributed by atoms with Crippen LogP contribution in [0.2, 0.25) is 0 Å². The summed E-state index contributed by atoms with van der Waals surface area (Å²) in [4.78, 5) is 39.8. The molecule has 2 atom stereocenters. The van der Waals surface area contributed by atoms with Crippen molar-refractivity contribution in [2.75, 3.05) is 36.4 Å². The van der Waals surface area contributed by atoms with Crippen LogP contribution in [-0.4, -0.2) is 75.0 Å². The Balaban J connectivity index is 1.40. The second-order valence-electron chi connectivity index (χ2n) is 9.40. The molecule has 1 amide bonds. The number of nitrogens with one attached hydrogen (secondary N) is 1. The molecule has 1 aliphatic carbocycles. The Bertz CT molecular complexity index is 1250. The number of fused-ring (bicyclic) bond motifs is 1. The molecule has 1 saturated heterocycles. The predicted octanol–water partition coefficient (Wildman–Crippen LogP) is 1.69. The number of aliphatic imine (C=N–C) groups is 1. The molecule has 0 spiro atoms. The van der Waals surface area contributed by atoms with E-state index in [1.54, 1.807) is 23.4 Å². The first-order chi connectivity index (χ1) is 17.5. The molecule has 3 aromatic rings. The highest BCUT2D eigenvalue weighted by Gasteiger charge is 2.28. The highest BCUT2D eigenvalue weighted by atomic mass is 16.2. The van der Waals surface area contributed by atoms with E-state index >= 15 is 0 Å². The second kappa shape index (κ2) is 10.3. The number of carbonyl (C=O) groups is 1. The van der Waals surface area contributed by atoms with Gasteiger partial charge in [-0.2, -0.15) is 0 Å². The molecule has 11 nitrogen and oxygen atoms in total. The quantitative estimate of drug-likeness (QED) is 0.360. The number of aromatic nitrogens is 4. The number of benzene rings is 1. The smallest absolute Gasteiger partial charge is 0.291 e. The summed E-state index contributed by atoms with van der Waals surface area (Å²) in [5.41, 5.74) is 13.2. The van der Waals surface area contributed by atoms with E-state index < -0.39 is 0 Å². The fourth-order valence-corrected chi connectivity index (χ4v) is 4.95. The van der Waals surface area contributed by atoms with E-state index in [-0.39, 0.29) is 29.8 Å². The number of rotatable bonds is 5. The van der Waals surface area contributed by atoms with Gasteiger partial charge >= 0.3 is 0 Å². The summed E-state index contributed by atoms with van der Waals surface area (Å²) in [5.74, 6) is 1.42. The van der Waals surface area contributed by atoms with Gasteiger partial charge in [-0.25, -0.2) is 24.9 Å². The van der Waals surface area contributed by atoms with Crippen LogP contribution < -0.4 is 21.7 Å². The lowest BCUT2D eigenvalue weighted by Crippen LogP contribution is -2.49.